The maximum atomic E-state index is 12.6. The molecule has 1 amide bonds. The highest BCUT2D eigenvalue weighted by Gasteiger charge is 2.49. The number of carbonyl (C=O) groups is 1. The normalized spacial score (nSPS) is 23.9. The molecule has 1 aliphatic heterocycles. The predicted molar refractivity (Wildman–Crippen MR) is 82.8 cm³/mol. The molecule has 1 fully saturated rings. The third-order valence-electron chi connectivity index (χ3n) is 4.68. The van der Waals surface area contributed by atoms with E-state index in [1.807, 2.05) is 13.8 Å². The van der Waals surface area contributed by atoms with E-state index in [1.54, 1.807) is 31.2 Å². The standard InChI is InChI=1S/C17H19NO4/c1-16(2)9-18(10-17(16,3)21)15(20)14-8-12(19)11-6-4-5-7-13(11)22-14/h4-8,21H,9-10H2,1-3H3. The SMILES string of the molecule is CC1(C)CN(C(=O)c2cc(=O)c3ccccc3o2)CC1(C)O. The largest absolute Gasteiger partial charge is 0.451 e. The van der Waals surface area contributed by atoms with Gasteiger partial charge in [0.05, 0.1) is 17.5 Å². The van der Waals surface area contributed by atoms with Gasteiger partial charge in [0.1, 0.15) is 5.58 Å². The Kier molecular flexibility index (Phi) is 3.14. The lowest BCUT2D eigenvalue weighted by Gasteiger charge is -2.30. The number of nitrogens with zero attached hydrogens (tertiary/aromatic N) is 1. The topological polar surface area (TPSA) is 70.8 Å². The molecule has 0 spiro atoms. The zero-order valence-electron chi connectivity index (χ0n) is 12.9. The Morgan fingerprint density at radius 2 is 1.91 bits per heavy atom. The number of carbonyl (C=O) groups excluding carboxylic acids is 1. The summed E-state index contributed by atoms with van der Waals surface area (Å²) in [5.74, 6) is -0.356. The molecule has 1 aliphatic rings. The lowest BCUT2D eigenvalue weighted by Crippen LogP contribution is -2.40. The average Bonchev–Trinajstić information content (AvgIpc) is 2.66. The Hall–Kier alpha value is -2.14. The summed E-state index contributed by atoms with van der Waals surface area (Å²) >= 11 is 0. The van der Waals surface area contributed by atoms with Crippen molar-refractivity contribution in [1.29, 1.82) is 0 Å². The molecule has 116 valence electrons. The van der Waals surface area contributed by atoms with Crippen molar-refractivity contribution in [2.24, 2.45) is 5.41 Å². The van der Waals surface area contributed by atoms with E-state index < -0.39 is 11.0 Å². The number of β-amino-alcohol motifs (C(OH)–C–C–N with tert-alkyl or cyclic N) is 1. The van der Waals surface area contributed by atoms with E-state index in [0.717, 1.165) is 0 Å². The molecule has 0 bridgehead atoms. The summed E-state index contributed by atoms with van der Waals surface area (Å²) in [4.78, 5) is 26.2. The highest BCUT2D eigenvalue weighted by molar-refractivity contribution is 5.93. The van der Waals surface area contributed by atoms with Crippen molar-refractivity contribution >= 4 is 16.9 Å². The molecule has 2 aromatic rings. The van der Waals surface area contributed by atoms with Crippen LogP contribution < -0.4 is 5.43 Å². The molecule has 0 radical (unpaired) electrons. The summed E-state index contributed by atoms with van der Waals surface area (Å²) in [5, 5.41) is 10.9. The number of para-hydroxylation sites is 1. The van der Waals surface area contributed by atoms with E-state index in [0.29, 0.717) is 17.5 Å². The number of likely N-dealkylation sites (tertiary alicyclic amines) is 1. The summed E-state index contributed by atoms with van der Waals surface area (Å²) in [6.45, 7) is 6.18. The van der Waals surface area contributed by atoms with Crippen molar-refractivity contribution < 1.29 is 14.3 Å². The van der Waals surface area contributed by atoms with Gasteiger partial charge in [0.2, 0.25) is 0 Å². The second-order valence-corrected chi connectivity index (χ2v) is 6.79. The Balaban J connectivity index is 1.99. The van der Waals surface area contributed by atoms with Gasteiger partial charge in [0.15, 0.2) is 11.2 Å². The van der Waals surface area contributed by atoms with Gasteiger partial charge >= 0.3 is 0 Å². The first kappa shape index (κ1) is 14.8. The quantitative estimate of drug-likeness (QED) is 0.875. The molecule has 3 rings (SSSR count). The molecule has 5 nitrogen and oxygen atoms in total. The Morgan fingerprint density at radius 1 is 1.23 bits per heavy atom. The molecule has 1 saturated heterocycles. The molecule has 1 aromatic heterocycles. The van der Waals surface area contributed by atoms with Gasteiger partial charge in [-0.2, -0.15) is 0 Å². The smallest absolute Gasteiger partial charge is 0.289 e. The van der Waals surface area contributed by atoms with Crippen LogP contribution in [0.3, 0.4) is 0 Å². The maximum Gasteiger partial charge on any atom is 0.289 e. The van der Waals surface area contributed by atoms with Crippen LogP contribution >= 0.6 is 0 Å². The molecule has 1 atom stereocenters. The first-order chi connectivity index (χ1) is 10.2. The van der Waals surface area contributed by atoms with E-state index >= 15 is 0 Å². The molecule has 0 aliphatic carbocycles. The van der Waals surface area contributed by atoms with Crippen molar-refractivity contribution in [3.05, 3.63) is 46.3 Å². The molecular weight excluding hydrogens is 282 g/mol. The molecule has 2 heterocycles. The molecule has 0 saturated carbocycles. The number of amides is 1. The number of benzene rings is 1. The van der Waals surface area contributed by atoms with Crippen LogP contribution in [0.5, 0.6) is 0 Å². The number of hydrogen-bond acceptors (Lipinski definition) is 4. The van der Waals surface area contributed by atoms with Crippen LogP contribution in [0.4, 0.5) is 0 Å². The monoisotopic (exact) mass is 301 g/mol. The van der Waals surface area contributed by atoms with Gasteiger partial charge in [0, 0.05) is 18.0 Å². The molecule has 1 aromatic carbocycles. The van der Waals surface area contributed by atoms with Gasteiger partial charge in [-0.15, -0.1) is 0 Å². The fourth-order valence-electron chi connectivity index (χ4n) is 2.80. The molecule has 1 unspecified atom stereocenters. The second kappa shape index (κ2) is 4.68. The minimum absolute atomic E-state index is 0.0113. The number of hydrogen-bond donors (Lipinski definition) is 1. The molecule has 5 heteroatoms. The van der Waals surface area contributed by atoms with Crippen LogP contribution in [0.25, 0.3) is 11.0 Å². The van der Waals surface area contributed by atoms with Gasteiger partial charge in [0.25, 0.3) is 5.91 Å². The molecule has 1 N–H and O–H groups in total. The third-order valence-corrected chi connectivity index (χ3v) is 4.68. The van der Waals surface area contributed by atoms with Crippen molar-refractivity contribution in [3.8, 4) is 0 Å². The predicted octanol–water partition coefficient (Wildman–Crippen LogP) is 2.03. The van der Waals surface area contributed by atoms with Crippen LogP contribution in [0.15, 0.2) is 39.5 Å². The summed E-state index contributed by atoms with van der Waals surface area (Å²) < 4.78 is 5.58. The number of aliphatic hydroxyl groups is 1. The van der Waals surface area contributed by atoms with E-state index in [4.69, 9.17) is 4.42 Å². The van der Waals surface area contributed by atoms with Crippen LogP contribution in [0.2, 0.25) is 0 Å². The highest BCUT2D eigenvalue weighted by Crippen LogP contribution is 2.38. The van der Waals surface area contributed by atoms with E-state index in [2.05, 4.69) is 0 Å². The van der Waals surface area contributed by atoms with Crippen molar-refractivity contribution in [2.45, 2.75) is 26.4 Å². The summed E-state index contributed by atoms with van der Waals surface area (Å²) in [7, 11) is 0. The third kappa shape index (κ3) is 2.22. The van der Waals surface area contributed by atoms with Crippen LogP contribution in [-0.4, -0.2) is 34.6 Å². The zero-order valence-corrected chi connectivity index (χ0v) is 12.9. The first-order valence-corrected chi connectivity index (χ1v) is 7.26. The Labute approximate surface area is 128 Å². The lowest BCUT2D eigenvalue weighted by molar-refractivity contribution is -0.0108. The van der Waals surface area contributed by atoms with E-state index in [-0.39, 0.29) is 23.6 Å². The van der Waals surface area contributed by atoms with E-state index in [1.165, 1.54) is 11.0 Å². The lowest BCUT2D eigenvalue weighted by atomic mass is 9.79. The van der Waals surface area contributed by atoms with Crippen LogP contribution in [0.1, 0.15) is 31.3 Å². The van der Waals surface area contributed by atoms with Crippen molar-refractivity contribution in [2.75, 3.05) is 13.1 Å². The maximum absolute atomic E-state index is 12.6. The Bertz CT molecular complexity index is 788. The molecular formula is C17H19NO4. The minimum atomic E-state index is -0.972. The summed E-state index contributed by atoms with van der Waals surface area (Å²) in [6, 6.07) is 8.06. The van der Waals surface area contributed by atoms with E-state index in [9.17, 15) is 14.7 Å². The number of rotatable bonds is 1. The van der Waals surface area contributed by atoms with Gasteiger partial charge in [-0.05, 0) is 19.1 Å². The fourth-order valence-corrected chi connectivity index (χ4v) is 2.80. The van der Waals surface area contributed by atoms with Crippen LogP contribution in [0, 0.1) is 5.41 Å². The second-order valence-electron chi connectivity index (χ2n) is 6.79. The molecule has 22 heavy (non-hydrogen) atoms. The van der Waals surface area contributed by atoms with Crippen LogP contribution in [-0.2, 0) is 0 Å². The summed E-state index contributed by atoms with van der Waals surface area (Å²) in [5.41, 5.74) is -1.24. The van der Waals surface area contributed by atoms with Gasteiger partial charge in [-0.25, -0.2) is 0 Å². The van der Waals surface area contributed by atoms with Gasteiger partial charge in [-0.1, -0.05) is 26.0 Å². The fraction of sp³-hybridized carbons (Fsp3) is 0.412. The zero-order chi connectivity index (χ0) is 16.1. The Morgan fingerprint density at radius 3 is 2.55 bits per heavy atom. The van der Waals surface area contributed by atoms with Gasteiger partial charge < -0.3 is 14.4 Å². The number of fused-ring (bicyclic) bond motifs is 1. The minimum Gasteiger partial charge on any atom is -0.451 e. The van der Waals surface area contributed by atoms with Crippen molar-refractivity contribution in [1.82, 2.24) is 4.90 Å². The summed E-state index contributed by atoms with van der Waals surface area (Å²) in [6.07, 6.45) is 0. The van der Waals surface area contributed by atoms with Crippen molar-refractivity contribution in [3.63, 3.8) is 0 Å². The average molecular weight is 301 g/mol. The highest BCUT2D eigenvalue weighted by atomic mass is 16.3. The first-order valence-electron chi connectivity index (χ1n) is 7.26. The van der Waals surface area contributed by atoms with Gasteiger partial charge in [-0.3, -0.25) is 9.59 Å².